The predicted molar refractivity (Wildman–Crippen MR) is 67.2 cm³/mol. The van der Waals surface area contributed by atoms with E-state index in [-0.39, 0.29) is 5.69 Å². The molecule has 0 atom stereocenters. The third kappa shape index (κ3) is 2.93. The summed E-state index contributed by atoms with van der Waals surface area (Å²) in [5.74, 6) is -11.3. The van der Waals surface area contributed by atoms with Gasteiger partial charge >= 0.3 is 6.18 Å². The molecule has 0 saturated carbocycles. The molecular formula is C13H8F7N3O. The molecule has 0 fully saturated rings. The maximum Gasteiger partial charge on any atom is 0.422 e. The Kier molecular flexibility index (Phi) is 4.29. The number of nitrogens with zero attached hydrogens (tertiary/aromatic N) is 2. The van der Waals surface area contributed by atoms with Crippen LogP contribution in [0, 0.1) is 30.2 Å². The van der Waals surface area contributed by atoms with E-state index in [2.05, 4.69) is 5.10 Å². The number of hydrogen-bond acceptors (Lipinski definition) is 2. The summed E-state index contributed by atoms with van der Waals surface area (Å²) in [6, 6.07) is 1.20. The highest BCUT2D eigenvalue weighted by atomic mass is 19.4. The van der Waals surface area contributed by atoms with Gasteiger partial charge in [-0.3, -0.25) is 9.48 Å². The van der Waals surface area contributed by atoms with Crippen LogP contribution in [-0.4, -0.2) is 15.7 Å². The van der Waals surface area contributed by atoms with Crippen molar-refractivity contribution in [1.29, 1.82) is 0 Å². The Morgan fingerprint density at radius 2 is 1.58 bits per heavy atom. The summed E-state index contributed by atoms with van der Waals surface area (Å²) in [6.45, 7) is 1.50. The molecule has 1 N–H and O–H groups in total. The van der Waals surface area contributed by atoms with E-state index in [9.17, 15) is 35.5 Å². The van der Waals surface area contributed by atoms with E-state index >= 15 is 0 Å². The number of hydrogen-bond donors (Lipinski definition) is 1. The molecule has 1 heterocycles. The van der Waals surface area contributed by atoms with Gasteiger partial charge in [-0.1, -0.05) is 0 Å². The number of carbonyl (C=O) groups excluding carboxylic acids is 1. The van der Waals surface area contributed by atoms with E-state index in [1.165, 1.54) is 25.4 Å². The summed E-state index contributed by atoms with van der Waals surface area (Å²) in [5, 5.41) is 5.28. The van der Waals surface area contributed by atoms with Gasteiger partial charge in [0.15, 0.2) is 23.3 Å². The largest absolute Gasteiger partial charge is 0.422 e. The van der Waals surface area contributed by atoms with E-state index in [0.29, 0.717) is 5.69 Å². The number of aromatic nitrogens is 2. The molecule has 1 aromatic carbocycles. The van der Waals surface area contributed by atoms with E-state index < -0.39 is 46.6 Å². The van der Waals surface area contributed by atoms with Gasteiger partial charge in [-0.25, -0.2) is 17.6 Å². The maximum atomic E-state index is 13.7. The van der Waals surface area contributed by atoms with Crippen molar-refractivity contribution >= 4 is 11.6 Å². The second-order valence-electron chi connectivity index (χ2n) is 4.75. The zero-order valence-electron chi connectivity index (χ0n) is 12.0. The Labute approximate surface area is 129 Å². The van der Waals surface area contributed by atoms with Crippen molar-refractivity contribution in [3.63, 3.8) is 0 Å². The molecular weight excluding hydrogens is 347 g/mol. The van der Waals surface area contributed by atoms with Gasteiger partial charge in [0.05, 0.1) is 5.69 Å². The maximum absolute atomic E-state index is 13.7. The molecule has 24 heavy (non-hydrogen) atoms. The van der Waals surface area contributed by atoms with E-state index in [1.807, 2.05) is 0 Å². The zero-order valence-corrected chi connectivity index (χ0v) is 12.0. The Bertz CT molecular complexity index is 797. The number of rotatable bonds is 2. The van der Waals surface area contributed by atoms with Gasteiger partial charge in [-0.2, -0.15) is 18.3 Å². The van der Waals surface area contributed by atoms with Crippen molar-refractivity contribution in [2.75, 3.05) is 5.32 Å². The molecule has 1 amide bonds. The van der Waals surface area contributed by atoms with Crippen molar-refractivity contribution in [3.05, 3.63) is 46.3 Å². The molecule has 2 aromatic rings. The Hall–Kier alpha value is -2.59. The van der Waals surface area contributed by atoms with Crippen LogP contribution in [0.3, 0.4) is 0 Å². The third-order valence-electron chi connectivity index (χ3n) is 3.02. The fraction of sp³-hybridized carbons (Fsp3) is 0.231. The number of benzene rings is 1. The quantitative estimate of drug-likeness (QED) is 0.662. The standard InChI is InChI=1S/C13H8F7N3O/c1-4-3-5(23(2)22-4)12(24)21-11-9(16)7(14)6(13(18,19)20)8(15)10(11)17/h3H,1-2H3,(H,21,24). The number of nitrogens with one attached hydrogen (secondary N) is 1. The molecule has 0 bridgehead atoms. The molecule has 0 aliphatic carbocycles. The van der Waals surface area contributed by atoms with Crippen LogP contribution in [0.2, 0.25) is 0 Å². The van der Waals surface area contributed by atoms with Crippen LogP contribution in [0.5, 0.6) is 0 Å². The van der Waals surface area contributed by atoms with E-state index in [1.54, 1.807) is 0 Å². The summed E-state index contributed by atoms with van der Waals surface area (Å²) in [7, 11) is 1.31. The van der Waals surface area contributed by atoms with Crippen molar-refractivity contribution in [1.82, 2.24) is 9.78 Å². The molecule has 2 rings (SSSR count). The molecule has 11 heteroatoms. The predicted octanol–water partition coefficient (Wildman–Crippen LogP) is 3.56. The highest BCUT2D eigenvalue weighted by Crippen LogP contribution is 2.38. The second kappa shape index (κ2) is 5.80. The van der Waals surface area contributed by atoms with Gasteiger partial charge in [0.2, 0.25) is 0 Å². The average Bonchev–Trinajstić information content (AvgIpc) is 2.79. The van der Waals surface area contributed by atoms with Crippen molar-refractivity contribution in [2.24, 2.45) is 7.05 Å². The molecule has 0 spiro atoms. The normalized spacial score (nSPS) is 11.7. The Morgan fingerprint density at radius 1 is 1.08 bits per heavy atom. The van der Waals surface area contributed by atoms with Gasteiger partial charge in [0, 0.05) is 7.05 Å². The van der Waals surface area contributed by atoms with Crippen LogP contribution < -0.4 is 5.32 Å². The van der Waals surface area contributed by atoms with Crippen LogP contribution in [0.1, 0.15) is 21.7 Å². The average molecular weight is 355 g/mol. The lowest BCUT2D eigenvalue weighted by atomic mass is 10.1. The Morgan fingerprint density at radius 3 is 1.96 bits per heavy atom. The van der Waals surface area contributed by atoms with Crippen LogP contribution in [0.15, 0.2) is 6.07 Å². The minimum Gasteiger partial charge on any atom is -0.316 e. The van der Waals surface area contributed by atoms with Gasteiger partial charge in [-0.15, -0.1) is 0 Å². The molecule has 130 valence electrons. The van der Waals surface area contributed by atoms with E-state index in [4.69, 9.17) is 0 Å². The third-order valence-corrected chi connectivity index (χ3v) is 3.02. The first kappa shape index (κ1) is 17.8. The van der Waals surface area contributed by atoms with Gasteiger partial charge in [0.25, 0.3) is 5.91 Å². The van der Waals surface area contributed by atoms with Gasteiger partial charge < -0.3 is 5.32 Å². The summed E-state index contributed by atoms with van der Waals surface area (Å²) < 4.78 is 92.7. The fourth-order valence-electron chi connectivity index (χ4n) is 1.99. The van der Waals surface area contributed by atoms with Crippen LogP contribution in [-0.2, 0) is 13.2 Å². The van der Waals surface area contributed by atoms with Crippen molar-refractivity contribution in [3.8, 4) is 0 Å². The first-order valence-electron chi connectivity index (χ1n) is 6.20. The zero-order chi connectivity index (χ0) is 18.4. The van der Waals surface area contributed by atoms with E-state index in [0.717, 1.165) is 4.68 Å². The number of carbonyl (C=O) groups is 1. The van der Waals surface area contributed by atoms with Gasteiger partial charge in [-0.05, 0) is 13.0 Å². The lowest BCUT2D eigenvalue weighted by Crippen LogP contribution is -2.21. The summed E-state index contributed by atoms with van der Waals surface area (Å²) in [4.78, 5) is 11.9. The monoisotopic (exact) mass is 355 g/mol. The Balaban J connectivity index is 2.53. The molecule has 0 radical (unpaired) electrons. The molecule has 0 unspecified atom stereocenters. The molecule has 0 saturated heterocycles. The number of anilines is 1. The fourth-order valence-corrected chi connectivity index (χ4v) is 1.99. The highest BCUT2D eigenvalue weighted by molar-refractivity contribution is 6.03. The molecule has 0 aliphatic heterocycles. The lowest BCUT2D eigenvalue weighted by Gasteiger charge is -2.14. The first-order valence-corrected chi connectivity index (χ1v) is 6.20. The number of amides is 1. The van der Waals surface area contributed by atoms with Crippen LogP contribution >= 0.6 is 0 Å². The summed E-state index contributed by atoms with van der Waals surface area (Å²) in [5.41, 5.74) is -4.26. The van der Waals surface area contributed by atoms with Crippen LogP contribution in [0.4, 0.5) is 36.4 Å². The first-order chi connectivity index (χ1) is 10.9. The molecule has 0 aliphatic rings. The molecule has 4 nitrogen and oxygen atoms in total. The van der Waals surface area contributed by atoms with Crippen molar-refractivity contribution < 1.29 is 35.5 Å². The smallest absolute Gasteiger partial charge is 0.316 e. The number of aryl methyl sites for hydroxylation is 2. The second-order valence-corrected chi connectivity index (χ2v) is 4.75. The van der Waals surface area contributed by atoms with Gasteiger partial charge in [0.1, 0.15) is 16.9 Å². The minimum absolute atomic E-state index is 0.230. The number of halogens is 7. The highest BCUT2D eigenvalue weighted by Gasteiger charge is 2.42. The minimum atomic E-state index is -5.66. The van der Waals surface area contributed by atoms with Crippen LogP contribution in [0.25, 0.3) is 0 Å². The number of alkyl halides is 3. The lowest BCUT2D eigenvalue weighted by molar-refractivity contribution is -0.143. The topological polar surface area (TPSA) is 46.9 Å². The summed E-state index contributed by atoms with van der Waals surface area (Å²) in [6.07, 6.45) is -5.66. The SMILES string of the molecule is Cc1cc(C(=O)Nc2c(F)c(F)c(C(F)(F)F)c(F)c2F)n(C)n1. The summed E-state index contributed by atoms with van der Waals surface area (Å²) >= 11 is 0. The molecule has 1 aromatic heterocycles. The van der Waals surface area contributed by atoms with Crippen molar-refractivity contribution in [2.45, 2.75) is 13.1 Å².